The molecule has 0 radical (unpaired) electrons. The third kappa shape index (κ3) is 4.07. The lowest BCUT2D eigenvalue weighted by Gasteiger charge is -2.15. The van der Waals surface area contributed by atoms with Crippen LogP contribution in [-0.4, -0.2) is 38.7 Å². The average molecular weight is 269 g/mol. The van der Waals surface area contributed by atoms with Crippen molar-refractivity contribution in [3.05, 3.63) is 18.0 Å². The number of carbonyl (C=O) groups excluding carboxylic acids is 2. The quantitative estimate of drug-likeness (QED) is 0.462. The summed E-state index contributed by atoms with van der Waals surface area (Å²) >= 11 is 0. The van der Waals surface area contributed by atoms with Crippen LogP contribution in [0.15, 0.2) is 12.4 Å². The van der Waals surface area contributed by atoms with Crippen LogP contribution < -0.4 is 16.8 Å². The summed E-state index contributed by atoms with van der Waals surface area (Å²) in [5, 5.41) is 15.1. The van der Waals surface area contributed by atoms with Gasteiger partial charge in [0.1, 0.15) is 0 Å². The minimum atomic E-state index is -1.28. The van der Waals surface area contributed by atoms with Gasteiger partial charge in [0.05, 0.1) is 18.7 Å². The molecule has 9 nitrogen and oxygen atoms in total. The highest BCUT2D eigenvalue weighted by molar-refractivity contribution is 5.90. The van der Waals surface area contributed by atoms with Gasteiger partial charge in [0.15, 0.2) is 6.04 Å². The van der Waals surface area contributed by atoms with Crippen LogP contribution >= 0.6 is 0 Å². The Morgan fingerprint density at radius 1 is 1.53 bits per heavy atom. The summed E-state index contributed by atoms with van der Waals surface area (Å²) in [6, 6.07) is -2.46. The number of aliphatic carboxylic acids is 1. The van der Waals surface area contributed by atoms with Gasteiger partial charge in [-0.05, 0) is 0 Å². The van der Waals surface area contributed by atoms with Gasteiger partial charge in [-0.1, -0.05) is 0 Å². The number of nitrogens with two attached hydrogens (primary N) is 2. The van der Waals surface area contributed by atoms with E-state index in [0.717, 1.165) is 0 Å². The third-order valence-corrected chi connectivity index (χ3v) is 2.35. The van der Waals surface area contributed by atoms with Crippen molar-refractivity contribution in [1.29, 1.82) is 0 Å². The van der Waals surface area contributed by atoms with Crippen molar-refractivity contribution in [2.45, 2.75) is 18.5 Å². The molecule has 0 aliphatic rings. The highest BCUT2D eigenvalue weighted by Gasteiger charge is 2.26. The highest BCUT2D eigenvalue weighted by Crippen LogP contribution is 2.12. The summed E-state index contributed by atoms with van der Waals surface area (Å²) < 4.78 is 1.40. The van der Waals surface area contributed by atoms with E-state index in [0.29, 0.717) is 5.56 Å². The Morgan fingerprint density at radius 2 is 2.16 bits per heavy atom. The molecule has 6 N–H and O–H groups in total. The fourth-order valence-electron chi connectivity index (χ4n) is 1.44. The lowest BCUT2D eigenvalue weighted by molar-refractivity contribution is -0.142. The number of aryl methyl sites for hydroxylation is 1. The molecule has 0 saturated carbocycles. The van der Waals surface area contributed by atoms with E-state index < -0.39 is 29.9 Å². The molecule has 0 saturated heterocycles. The summed E-state index contributed by atoms with van der Waals surface area (Å²) in [7, 11) is 1.61. The largest absolute Gasteiger partial charge is 0.479 e. The number of hydrogen-bond donors (Lipinski definition) is 4. The summed E-state index contributed by atoms with van der Waals surface area (Å²) in [4.78, 5) is 33.4. The molecule has 0 fully saturated rings. The van der Waals surface area contributed by atoms with E-state index in [9.17, 15) is 14.4 Å². The topological polar surface area (TPSA) is 153 Å². The number of carboxylic acids is 1. The first-order valence-corrected chi connectivity index (χ1v) is 5.37. The number of nitrogens with zero attached hydrogens (tertiary/aromatic N) is 2. The maximum atomic E-state index is 11.6. The first kappa shape index (κ1) is 14.6. The van der Waals surface area contributed by atoms with E-state index in [4.69, 9.17) is 16.6 Å². The molecule has 0 aliphatic heterocycles. The molecular formula is C10H15N5O4. The number of rotatable bonds is 6. The van der Waals surface area contributed by atoms with Crippen molar-refractivity contribution in [1.82, 2.24) is 15.1 Å². The van der Waals surface area contributed by atoms with Gasteiger partial charge in [0.2, 0.25) is 11.8 Å². The fourth-order valence-corrected chi connectivity index (χ4v) is 1.44. The summed E-state index contributed by atoms with van der Waals surface area (Å²) in [5.41, 5.74) is 10.6. The van der Waals surface area contributed by atoms with Gasteiger partial charge in [0, 0.05) is 18.8 Å². The highest BCUT2D eigenvalue weighted by atomic mass is 16.4. The number of carbonyl (C=O) groups is 3. The molecule has 0 bridgehead atoms. The summed E-state index contributed by atoms with van der Waals surface area (Å²) in [6.45, 7) is 0. The number of nitrogens with one attached hydrogen (secondary N) is 1. The monoisotopic (exact) mass is 269 g/mol. The van der Waals surface area contributed by atoms with Crippen LogP contribution in [0.25, 0.3) is 0 Å². The van der Waals surface area contributed by atoms with Crippen LogP contribution in [0.3, 0.4) is 0 Å². The smallest absolute Gasteiger partial charge is 0.331 e. The van der Waals surface area contributed by atoms with Crippen molar-refractivity contribution in [3.8, 4) is 0 Å². The molecule has 2 atom stereocenters. The molecule has 19 heavy (non-hydrogen) atoms. The van der Waals surface area contributed by atoms with E-state index in [1.807, 2.05) is 0 Å². The molecule has 2 unspecified atom stereocenters. The van der Waals surface area contributed by atoms with E-state index in [1.54, 1.807) is 7.05 Å². The normalized spacial score (nSPS) is 13.6. The predicted octanol–water partition coefficient (Wildman–Crippen LogP) is -2.14. The maximum absolute atomic E-state index is 11.6. The first-order chi connectivity index (χ1) is 8.81. The van der Waals surface area contributed by atoms with Crippen LogP contribution in [0.2, 0.25) is 0 Å². The summed E-state index contributed by atoms with van der Waals surface area (Å²) in [6.07, 6.45) is 2.42. The fraction of sp³-hybridized carbons (Fsp3) is 0.400. The molecule has 9 heteroatoms. The number of hydrogen-bond acceptors (Lipinski definition) is 5. The molecular weight excluding hydrogens is 254 g/mol. The zero-order valence-corrected chi connectivity index (χ0v) is 10.2. The second-order valence-corrected chi connectivity index (χ2v) is 4.00. The Labute approximate surface area is 108 Å². The molecule has 0 spiro atoms. The number of aromatic nitrogens is 2. The Balaban J connectivity index is 2.77. The molecule has 104 valence electrons. The minimum absolute atomic E-state index is 0.301. The standard InChI is InChI=1S/C10H15N5O4/c1-15-4-5(3-13-15)8(10(18)19)14-9(17)6(11)2-7(12)16/h3-4,6,8H,2,11H2,1H3,(H2,12,16)(H,14,17)(H,18,19). The Kier molecular flexibility index (Phi) is 4.59. The Morgan fingerprint density at radius 3 is 2.58 bits per heavy atom. The van der Waals surface area contributed by atoms with E-state index in [1.165, 1.54) is 17.1 Å². The molecule has 0 aromatic carbocycles. The number of primary amides is 1. The van der Waals surface area contributed by atoms with Crippen LogP contribution in [0.5, 0.6) is 0 Å². The first-order valence-electron chi connectivity index (χ1n) is 5.37. The molecule has 1 aromatic heterocycles. The van der Waals surface area contributed by atoms with Gasteiger partial charge in [-0.2, -0.15) is 5.10 Å². The van der Waals surface area contributed by atoms with Gasteiger partial charge in [-0.25, -0.2) is 4.79 Å². The van der Waals surface area contributed by atoms with Crippen LogP contribution in [0.1, 0.15) is 18.0 Å². The SMILES string of the molecule is Cn1cc(C(NC(=O)C(N)CC(N)=O)C(=O)O)cn1. The van der Waals surface area contributed by atoms with Crippen molar-refractivity contribution in [2.75, 3.05) is 0 Å². The van der Waals surface area contributed by atoms with E-state index >= 15 is 0 Å². The average Bonchev–Trinajstić information content (AvgIpc) is 2.70. The van der Waals surface area contributed by atoms with Gasteiger partial charge in [0.25, 0.3) is 0 Å². The molecule has 1 heterocycles. The van der Waals surface area contributed by atoms with Crippen molar-refractivity contribution >= 4 is 17.8 Å². The lowest BCUT2D eigenvalue weighted by Crippen LogP contribution is -2.45. The second kappa shape index (κ2) is 5.96. The number of amides is 2. The van der Waals surface area contributed by atoms with Gasteiger partial charge in [-0.3, -0.25) is 14.3 Å². The van der Waals surface area contributed by atoms with Crippen LogP contribution in [0, 0.1) is 0 Å². The van der Waals surface area contributed by atoms with Crippen molar-refractivity contribution in [3.63, 3.8) is 0 Å². The molecule has 1 rings (SSSR count). The van der Waals surface area contributed by atoms with Crippen molar-refractivity contribution in [2.24, 2.45) is 18.5 Å². The van der Waals surface area contributed by atoms with Crippen molar-refractivity contribution < 1.29 is 19.5 Å². The second-order valence-electron chi connectivity index (χ2n) is 4.00. The van der Waals surface area contributed by atoms with E-state index in [-0.39, 0.29) is 6.42 Å². The van der Waals surface area contributed by atoms with Crippen LogP contribution in [0.4, 0.5) is 0 Å². The van der Waals surface area contributed by atoms with Gasteiger partial charge >= 0.3 is 5.97 Å². The van der Waals surface area contributed by atoms with E-state index in [2.05, 4.69) is 10.4 Å². The maximum Gasteiger partial charge on any atom is 0.331 e. The molecule has 0 aliphatic carbocycles. The predicted molar refractivity (Wildman–Crippen MR) is 63.5 cm³/mol. The molecule has 1 aromatic rings. The number of carboxylic acid groups (broad SMARTS) is 1. The Hall–Kier alpha value is -2.42. The lowest BCUT2D eigenvalue weighted by atomic mass is 10.1. The van der Waals surface area contributed by atoms with Crippen LogP contribution in [-0.2, 0) is 21.4 Å². The summed E-state index contributed by atoms with van der Waals surface area (Å²) in [5.74, 6) is -2.77. The minimum Gasteiger partial charge on any atom is -0.479 e. The third-order valence-electron chi connectivity index (χ3n) is 2.35. The zero-order valence-electron chi connectivity index (χ0n) is 10.2. The molecule has 2 amide bonds. The van der Waals surface area contributed by atoms with Gasteiger partial charge in [-0.15, -0.1) is 0 Å². The Bertz CT molecular complexity index is 498. The zero-order chi connectivity index (χ0) is 14.6. The van der Waals surface area contributed by atoms with Gasteiger partial charge < -0.3 is 21.9 Å².